The number of fused-ring (bicyclic) bond motifs is 3. The van der Waals surface area contributed by atoms with Crippen molar-refractivity contribution in [2.45, 2.75) is 25.3 Å². The van der Waals surface area contributed by atoms with Crippen LogP contribution in [0.2, 0.25) is 0 Å². The Labute approximate surface area is 208 Å². The van der Waals surface area contributed by atoms with Crippen LogP contribution in [0.15, 0.2) is 85.1 Å². The van der Waals surface area contributed by atoms with E-state index in [4.69, 9.17) is 4.74 Å². The highest BCUT2D eigenvalue weighted by Gasteiger charge is 2.30. The first-order chi connectivity index (χ1) is 17.4. The molecule has 4 heteroatoms. The van der Waals surface area contributed by atoms with Gasteiger partial charge in [-0.15, -0.1) is 0 Å². The first-order valence-corrected chi connectivity index (χ1v) is 13.0. The Morgan fingerprint density at radius 3 is 2.20 bits per heavy atom. The van der Waals surface area contributed by atoms with Gasteiger partial charge in [0.25, 0.3) is 0 Å². The highest BCUT2D eigenvalue weighted by molar-refractivity contribution is 5.84. The topological polar surface area (TPSA) is 28.6 Å². The molecule has 0 bridgehead atoms. The normalized spacial score (nSPS) is 17.0. The molecule has 2 heterocycles. The third-order valence-corrected chi connectivity index (χ3v) is 7.62. The van der Waals surface area contributed by atoms with Crippen LogP contribution >= 0.6 is 0 Å². The highest BCUT2D eigenvalue weighted by Crippen LogP contribution is 2.37. The van der Waals surface area contributed by atoms with Crippen LogP contribution in [0.1, 0.15) is 34.7 Å². The maximum absolute atomic E-state index is 6.14. The van der Waals surface area contributed by atoms with Gasteiger partial charge in [-0.25, -0.2) is 0 Å². The molecule has 4 nitrogen and oxygen atoms in total. The molecule has 1 aliphatic heterocycles. The molecule has 35 heavy (non-hydrogen) atoms. The van der Waals surface area contributed by atoms with E-state index in [0.29, 0.717) is 6.04 Å². The van der Waals surface area contributed by atoms with Crippen LogP contribution in [0.5, 0.6) is 5.75 Å². The number of ether oxygens (including phenoxy) is 1. The molecule has 0 atom stereocenters. The fourth-order valence-electron chi connectivity index (χ4n) is 5.80. The van der Waals surface area contributed by atoms with Gasteiger partial charge in [-0.05, 0) is 65.8 Å². The number of hydrogen-bond donors (Lipinski definition) is 0. The Morgan fingerprint density at radius 1 is 0.743 bits per heavy atom. The first-order valence-electron chi connectivity index (χ1n) is 13.0. The van der Waals surface area contributed by atoms with Crippen LogP contribution < -0.4 is 4.74 Å². The summed E-state index contributed by atoms with van der Waals surface area (Å²) in [6.45, 7) is 6.23. The zero-order valence-electron chi connectivity index (χ0n) is 20.3. The molecule has 0 spiro atoms. The summed E-state index contributed by atoms with van der Waals surface area (Å²) in [6.07, 6.45) is 5.14. The van der Waals surface area contributed by atoms with Crippen LogP contribution in [-0.2, 0) is 12.8 Å². The lowest BCUT2D eigenvalue weighted by atomic mass is 9.92. The maximum atomic E-state index is 6.14. The van der Waals surface area contributed by atoms with E-state index >= 15 is 0 Å². The van der Waals surface area contributed by atoms with Gasteiger partial charge in [0.2, 0.25) is 0 Å². The van der Waals surface area contributed by atoms with E-state index in [1.807, 2.05) is 30.5 Å². The molecule has 0 amide bonds. The Morgan fingerprint density at radius 2 is 1.46 bits per heavy atom. The molecule has 4 aromatic rings. The van der Waals surface area contributed by atoms with Crippen molar-refractivity contribution in [3.8, 4) is 5.75 Å². The number of aromatic nitrogens is 1. The molecular formula is C31H33N3O. The Kier molecular flexibility index (Phi) is 6.48. The predicted octanol–water partition coefficient (Wildman–Crippen LogP) is 5.51. The molecular weight excluding hydrogens is 430 g/mol. The molecule has 0 saturated carbocycles. The summed E-state index contributed by atoms with van der Waals surface area (Å²) in [7, 11) is 0. The first kappa shape index (κ1) is 22.3. The summed E-state index contributed by atoms with van der Waals surface area (Å²) in [5.74, 6) is 0.936. The van der Waals surface area contributed by atoms with Crippen LogP contribution in [-0.4, -0.2) is 54.1 Å². The Balaban J connectivity index is 1.07. The summed E-state index contributed by atoms with van der Waals surface area (Å²) in [5, 5.41) is 1.09. The number of piperazine rings is 1. The van der Waals surface area contributed by atoms with E-state index in [0.717, 1.165) is 75.2 Å². The van der Waals surface area contributed by atoms with Gasteiger partial charge < -0.3 is 9.64 Å². The molecule has 1 aliphatic carbocycles. The molecule has 1 saturated heterocycles. The number of hydrogen-bond acceptors (Lipinski definition) is 4. The molecule has 1 fully saturated rings. The maximum Gasteiger partial charge on any atom is 0.128 e. The van der Waals surface area contributed by atoms with Crippen LogP contribution in [0, 0.1) is 0 Å². The second-order valence-corrected chi connectivity index (χ2v) is 9.71. The van der Waals surface area contributed by atoms with Gasteiger partial charge in [-0.1, -0.05) is 54.6 Å². The molecule has 6 rings (SSSR count). The largest absolute Gasteiger partial charge is 0.493 e. The van der Waals surface area contributed by atoms with Gasteiger partial charge in [-0.2, -0.15) is 0 Å². The Hall–Kier alpha value is -3.21. The number of benzene rings is 3. The van der Waals surface area contributed by atoms with Crippen LogP contribution in [0.25, 0.3) is 10.9 Å². The Bertz CT molecular complexity index is 1240. The molecule has 0 radical (unpaired) electrons. The van der Waals surface area contributed by atoms with Gasteiger partial charge >= 0.3 is 0 Å². The quantitative estimate of drug-likeness (QED) is 0.353. The number of nitrogens with zero attached hydrogens (tertiary/aromatic N) is 3. The third kappa shape index (κ3) is 4.69. The van der Waals surface area contributed by atoms with Crippen molar-refractivity contribution in [2.24, 2.45) is 0 Å². The van der Waals surface area contributed by atoms with Crippen molar-refractivity contribution < 1.29 is 4.74 Å². The molecule has 0 N–H and O–H groups in total. The average molecular weight is 464 g/mol. The molecule has 2 aliphatic rings. The third-order valence-electron chi connectivity index (χ3n) is 7.62. The lowest BCUT2D eigenvalue weighted by Crippen LogP contribution is -2.48. The van der Waals surface area contributed by atoms with Crippen molar-refractivity contribution in [3.63, 3.8) is 0 Å². The summed E-state index contributed by atoms with van der Waals surface area (Å²) < 4.78 is 6.14. The minimum atomic E-state index is 0.371. The van der Waals surface area contributed by atoms with Crippen molar-refractivity contribution in [1.82, 2.24) is 14.8 Å². The smallest absolute Gasteiger partial charge is 0.128 e. The van der Waals surface area contributed by atoms with Crippen LogP contribution in [0.3, 0.4) is 0 Å². The van der Waals surface area contributed by atoms with Crippen molar-refractivity contribution in [3.05, 3.63) is 107 Å². The molecule has 3 aromatic carbocycles. The summed E-state index contributed by atoms with van der Waals surface area (Å²) in [6, 6.07) is 28.7. The zero-order valence-corrected chi connectivity index (χ0v) is 20.3. The predicted molar refractivity (Wildman–Crippen MR) is 142 cm³/mol. The average Bonchev–Trinajstić information content (AvgIpc) is 3.09. The van der Waals surface area contributed by atoms with Gasteiger partial charge in [0.05, 0.1) is 18.2 Å². The fourth-order valence-corrected chi connectivity index (χ4v) is 5.80. The van der Waals surface area contributed by atoms with E-state index in [1.54, 1.807) is 0 Å². The fraction of sp³-hybridized carbons (Fsp3) is 0.323. The second-order valence-electron chi connectivity index (χ2n) is 9.71. The minimum absolute atomic E-state index is 0.371. The van der Waals surface area contributed by atoms with E-state index in [9.17, 15) is 0 Å². The van der Waals surface area contributed by atoms with Gasteiger partial charge in [0, 0.05) is 44.3 Å². The van der Waals surface area contributed by atoms with E-state index in [1.165, 1.54) is 22.3 Å². The molecule has 1 aromatic heterocycles. The lowest BCUT2D eigenvalue weighted by Gasteiger charge is -2.40. The van der Waals surface area contributed by atoms with Crippen molar-refractivity contribution in [1.29, 1.82) is 0 Å². The van der Waals surface area contributed by atoms with Crippen LogP contribution in [0.4, 0.5) is 0 Å². The lowest BCUT2D eigenvalue weighted by molar-refractivity contribution is 0.105. The van der Waals surface area contributed by atoms with E-state index in [-0.39, 0.29) is 0 Å². The summed E-state index contributed by atoms with van der Waals surface area (Å²) in [5.41, 5.74) is 7.02. The SMILES string of the molecule is c1ccc2c(c1)CCc1ccccc1C2N1CCN(CCCOc2cccc3ncccc23)CC1. The number of aryl methyl sites for hydroxylation is 2. The molecule has 0 unspecified atom stereocenters. The van der Waals surface area contributed by atoms with Gasteiger partial charge in [0.1, 0.15) is 5.75 Å². The standard InChI is InChI=1S/C31H33N3O/c1-3-10-26-24(8-1)15-16-25-9-2-4-11-27(25)31(26)34-21-19-33(20-22-34)18-7-23-35-30-14-5-13-29-28(30)12-6-17-32-29/h1-6,8-14,17,31H,7,15-16,18-23H2. The number of pyridine rings is 1. The van der Waals surface area contributed by atoms with Crippen molar-refractivity contribution >= 4 is 10.9 Å². The zero-order chi connectivity index (χ0) is 23.5. The van der Waals surface area contributed by atoms with Gasteiger partial charge in [-0.3, -0.25) is 9.88 Å². The van der Waals surface area contributed by atoms with E-state index < -0.39 is 0 Å². The second kappa shape index (κ2) is 10.2. The molecule has 178 valence electrons. The number of rotatable bonds is 6. The van der Waals surface area contributed by atoms with Gasteiger partial charge in [0.15, 0.2) is 0 Å². The van der Waals surface area contributed by atoms with E-state index in [2.05, 4.69) is 69.4 Å². The monoisotopic (exact) mass is 463 g/mol. The minimum Gasteiger partial charge on any atom is -0.493 e. The summed E-state index contributed by atoms with van der Waals surface area (Å²) >= 11 is 0. The highest BCUT2D eigenvalue weighted by atomic mass is 16.5. The summed E-state index contributed by atoms with van der Waals surface area (Å²) in [4.78, 5) is 9.73. The van der Waals surface area contributed by atoms with Crippen molar-refractivity contribution in [2.75, 3.05) is 39.3 Å².